The second kappa shape index (κ2) is 5.44. The van der Waals surface area contributed by atoms with Gasteiger partial charge in [0.15, 0.2) is 0 Å². The molecule has 21 heavy (non-hydrogen) atoms. The Labute approximate surface area is 125 Å². The van der Waals surface area contributed by atoms with Crippen molar-refractivity contribution in [3.8, 4) is 0 Å². The molecule has 2 aromatic rings. The predicted molar refractivity (Wildman–Crippen MR) is 82.4 cm³/mol. The summed E-state index contributed by atoms with van der Waals surface area (Å²) in [5.41, 5.74) is 1.57. The summed E-state index contributed by atoms with van der Waals surface area (Å²) in [5.74, 6) is 0.635. The van der Waals surface area contributed by atoms with Crippen LogP contribution in [0.25, 0.3) is 11.0 Å². The first-order valence-corrected chi connectivity index (χ1v) is 7.50. The summed E-state index contributed by atoms with van der Waals surface area (Å²) in [5, 5.41) is 11.9. The first-order chi connectivity index (χ1) is 10.00. The van der Waals surface area contributed by atoms with Crippen LogP contribution in [0.15, 0.2) is 28.7 Å². The Hall–Kier alpha value is -1.36. The zero-order valence-electron chi connectivity index (χ0n) is 12.9. The van der Waals surface area contributed by atoms with Gasteiger partial charge in [-0.2, -0.15) is 0 Å². The maximum atomic E-state index is 10.8. The Bertz CT molecular complexity index is 626. The molecule has 0 saturated carbocycles. The van der Waals surface area contributed by atoms with Gasteiger partial charge in [-0.3, -0.25) is 4.90 Å². The first kappa shape index (κ1) is 14.6. The summed E-state index contributed by atoms with van der Waals surface area (Å²) in [6.07, 6.45) is -0.664. The quantitative estimate of drug-likeness (QED) is 0.943. The number of rotatable bonds is 3. The molecular weight excluding hydrogens is 266 g/mol. The fourth-order valence-corrected chi connectivity index (χ4v) is 3.02. The third kappa shape index (κ3) is 2.59. The van der Waals surface area contributed by atoms with Gasteiger partial charge in [-0.25, -0.2) is 0 Å². The Morgan fingerprint density at radius 3 is 2.62 bits per heavy atom. The Balaban J connectivity index is 1.91. The molecule has 1 saturated heterocycles. The van der Waals surface area contributed by atoms with Crippen molar-refractivity contribution in [2.24, 2.45) is 0 Å². The van der Waals surface area contributed by atoms with Crippen molar-refractivity contribution in [1.82, 2.24) is 4.90 Å². The molecule has 1 aliphatic heterocycles. The lowest BCUT2D eigenvalue weighted by molar-refractivity contribution is -0.0686. The van der Waals surface area contributed by atoms with Gasteiger partial charge in [-0.15, -0.1) is 0 Å². The van der Waals surface area contributed by atoms with Gasteiger partial charge in [0, 0.05) is 24.0 Å². The van der Waals surface area contributed by atoms with Crippen LogP contribution < -0.4 is 0 Å². The molecule has 2 heterocycles. The number of ether oxygens (including phenoxy) is 1. The fourth-order valence-electron chi connectivity index (χ4n) is 3.02. The third-order valence-electron chi connectivity index (χ3n) is 4.52. The lowest BCUT2D eigenvalue weighted by Crippen LogP contribution is -2.53. The average molecular weight is 289 g/mol. The molecule has 0 aliphatic carbocycles. The van der Waals surface area contributed by atoms with E-state index in [1.165, 1.54) is 0 Å². The van der Waals surface area contributed by atoms with Crippen LogP contribution >= 0.6 is 0 Å². The monoisotopic (exact) mass is 289 g/mol. The molecule has 4 nitrogen and oxygen atoms in total. The topological polar surface area (TPSA) is 45.8 Å². The van der Waals surface area contributed by atoms with Gasteiger partial charge in [0.1, 0.15) is 17.4 Å². The van der Waals surface area contributed by atoms with Gasteiger partial charge in [-0.05, 0) is 32.4 Å². The molecule has 0 amide bonds. The van der Waals surface area contributed by atoms with Crippen LogP contribution in [-0.4, -0.2) is 41.8 Å². The summed E-state index contributed by atoms with van der Waals surface area (Å²) >= 11 is 0. The first-order valence-electron chi connectivity index (χ1n) is 7.50. The van der Waals surface area contributed by atoms with Gasteiger partial charge in [0.2, 0.25) is 0 Å². The molecule has 0 spiro atoms. The number of nitrogens with zero attached hydrogens (tertiary/aromatic N) is 1. The molecule has 1 aromatic carbocycles. The molecule has 4 heteroatoms. The number of morpholine rings is 1. The highest BCUT2D eigenvalue weighted by Crippen LogP contribution is 2.35. The number of benzene rings is 1. The average Bonchev–Trinajstić information content (AvgIpc) is 2.93. The van der Waals surface area contributed by atoms with E-state index in [1.54, 1.807) is 0 Å². The van der Waals surface area contributed by atoms with E-state index in [4.69, 9.17) is 9.15 Å². The second-order valence-electron chi connectivity index (χ2n) is 6.30. The van der Waals surface area contributed by atoms with Crippen molar-refractivity contribution >= 4 is 11.0 Å². The number of para-hydroxylation sites is 1. The van der Waals surface area contributed by atoms with E-state index in [0.717, 1.165) is 42.8 Å². The van der Waals surface area contributed by atoms with Crippen molar-refractivity contribution in [3.05, 3.63) is 35.6 Å². The normalized spacial score (nSPS) is 19.0. The van der Waals surface area contributed by atoms with Crippen molar-refractivity contribution in [2.75, 3.05) is 26.3 Å². The van der Waals surface area contributed by atoms with Crippen molar-refractivity contribution in [1.29, 1.82) is 0 Å². The van der Waals surface area contributed by atoms with Crippen LogP contribution in [0.3, 0.4) is 0 Å². The number of aryl methyl sites for hydroxylation is 1. The Kier molecular flexibility index (Phi) is 3.78. The van der Waals surface area contributed by atoms with Crippen LogP contribution in [0.1, 0.15) is 31.3 Å². The molecule has 0 radical (unpaired) electrons. The molecule has 1 atom stereocenters. The van der Waals surface area contributed by atoms with E-state index >= 15 is 0 Å². The van der Waals surface area contributed by atoms with E-state index in [2.05, 4.69) is 18.7 Å². The summed E-state index contributed by atoms with van der Waals surface area (Å²) in [7, 11) is 0. The predicted octanol–water partition coefficient (Wildman–Crippen LogP) is 2.89. The zero-order valence-corrected chi connectivity index (χ0v) is 12.9. The number of fused-ring (bicyclic) bond motifs is 1. The van der Waals surface area contributed by atoms with Crippen molar-refractivity contribution < 1.29 is 14.3 Å². The number of hydrogen-bond donors (Lipinski definition) is 1. The van der Waals surface area contributed by atoms with Crippen LogP contribution in [0.4, 0.5) is 0 Å². The third-order valence-corrected chi connectivity index (χ3v) is 4.52. The maximum absolute atomic E-state index is 10.8. The SMILES string of the molecule is Cc1cccc2cc(C(O)C(C)(C)N3CCOCC3)oc12. The molecule has 1 unspecified atom stereocenters. The summed E-state index contributed by atoms with van der Waals surface area (Å²) in [6.45, 7) is 9.25. The molecule has 1 N–H and O–H groups in total. The minimum absolute atomic E-state index is 0.383. The summed E-state index contributed by atoms with van der Waals surface area (Å²) < 4.78 is 11.3. The second-order valence-corrected chi connectivity index (χ2v) is 6.30. The lowest BCUT2D eigenvalue weighted by atomic mass is 9.92. The van der Waals surface area contributed by atoms with Crippen molar-refractivity contribution in [3.63, 3.8) is 0 Å². The van der Waals surface area contributed by atoms with E-state index in [1.807, 2.05) is 31.2 Å². The number of aliphatic hydroxyl groups excluding tert-OH is 1. The van der Waals surface area contributed by atoms with Gasteiger partial charge in [0.05, 0.1) is 13.2 Å². The molecule has 0 bridgehead atoms. The van der Waals surface area contributed by atoms with E-state index < -0.39 is 6.10 Å². The largest absolute Gasteiger partial charge is 0.458 e. The Morgan fingerprint density at radius 1 is 1.24 bits per heavy atom. The van der Waals surface area contributed by atoms with Gasteiger partial charge >= 0.3 is 0 Å². The van der Waals surface area contributed by atoms with E-state index in [-0.39, 0.29) is 5.54 Å². The number of aliphatic hydroxyl groups is 1. The van der Waals surface area contributed by atoms with Crippen LogP contribution in [0.2, 0.25) is 0 Å². The smallest absolute Gasteiger partial charge is 0.137 e. The molecule has 1 fully saturated rings. The van der Waals surface area contributed by atoms with Gasteiger partial charge in [-0.1, -0.05) is 18.2 Å². The number of hydrogen-bond acceptors (Lipinski definition) is 4. The molecule has 114 valence electrons. The molecule has 1 aliphatic rings. The fraction of sp³-hybridized carbons (Fsp3) is 0.529. The van der Waals surface area contributed by atoms with E-state index in [0.29, 0.717) is 5.76 Å². The molecule has 1 aromatic heterocycles. The highest BCUT2D eigenvalue weighted by atomic mass is 16.5. The summed E-state index contributed by atoms with van der Waals surface area (Å²) in [4.78, 5) is 2.27. The van der Waals surface area contributed by atoms with Gasteiger partial charge in [0.25, 0.3) is 0 Å². The highest BCUT2D eigenvalue weighted by molar-refractivity contribution is 5.81. The van der Waals surface area contributed by atoms with Crippen LogP contribution in [-0.2, 0) is 4.74 Å². The minimum atomic E-state index is -0.664. The lowest BCUT2D eigenvalue weighted by Gasteiger charge is -2.43. The van der Waals surface area contributed by atoms with E-state index in [9.17, 15) is 5.11 Å². The summed E-state index contributed by atoms with van der Waals surface area (Å²) in [6, 6.07) is 8.00. The molecular formula is C17H23NO3. The molecule has 3 rings (SSSR count). The minimum Gasteiger partial charge on any atom is -0.458 e. The number of furan rings is 1. The Morgan fingerprint density at radius 2 is 1.95 bits per heavy atom. The van der Waals surface area contributed by atoms with Crippen LogP contribution in [0.5, 0.6) is 0 Å². The zero-order chi connectivity index (χ0) is 15.0. The van der Waals surface area contributed by atoms with Gasteiger partial charge < -0.3 is 14.3 Å². The standard InChI is InChI=1S/C17H23NO3/c1-12-5-4-6-13-11-14(21-15(12)13)16(19)17(2,3)18-7-9-20-10-8-18/h4-6,11,16,19H,7-10H2,1-3H3. The van der Waals surface area contributed by atoms with Crippen molar-refractivity contribution in [2.45, 2.75) is 32.4 Å². The van der Waals surface area contributed by atoms with Crippen LogP contribution in [0, 0.1) is 6.92 Å². The highest BCUT2D eigenvalue weighted by Gasteiger charge is 2.38. The maximum Gasteiger partial charge on any atom is 0.137 e.